The minimum absolute atomic E-state index is 0.110. The summed E-state index contributed by atoms with van der Waals surface area (Å²) in [6.45, 7) is 3.69. The maximum Gasteiger partial charge on any atom is 0.287 e. The van der Waals surface area contributed by atoms with Crippen molar-refractivity contribution in [3.8, 4) is 0 Å². The molecule has 1 atom stereocenters. The van der Waals surface area contributed by atoms with E-state index in [1.807, 2.05) is 14.1 Å². The van der Waals surface area contributed by atoms with Crippen molar-refractivity contribution in [3.63, 3.8) is 0 Å². The van der Waals surface area contributed by atoms with Crippen LogP contribution in [0.1, 0.15) is 22.2 Å². The summed E-state index contributed by atoms with van der Waals surface area (Å²) in [6.07, 6.45) is 1.51. The van der Waals surface area contributed by atoms with Gasteiger partial charge in [0.25, 0.3) is 5.91 Å². The number of nitrogens with zero attached hydrogens (tertiary/aromatic N) is 2. The van der Waals surface area contributed by atoms with Crippen molar-refractivity contribution in [2.45, 2.75) is 6.04 Å². The number of carbonyl (C=O) groups excluding carboxylic acids is 1. The Morgan fingerprint density at radius 2 is 1.92 bits per heavy atom. The maximum absolute atomic E-state index is 12.2. The third-order valence-corrected chi connectivity index (χ3v) is 4.48. The van der Waals surface area contributed by atoms with E-state index in [4.69, 9.17) is 9.15 Å². The highest BCUT2D eigenvalue weighted by Gasteiger charge is 2.23. The summed E-state index contributed by atoms with van der Waals surface area (Å²) < 4.78 is 10.6. The van der Waals surface area contributed by atoms with E-state index in [1.165, 1.54) is 11.8 Å². The molecule has 1 aliphatic rings. The van der Waals surface area contributed by atoms with Crippen LogP contribution in [0.5, 0.6) is 0 Å². The molecule has 0 bridgehead atoms. The summed E-state index contributed by atoms with van der Waals surface area (Å²) in [4.78, 5) is 16.6. The Kier molecular flexibility index (Phi) is 5.73. The van der Waals surface area contributed by atoms with Crippen LogP contribution >= 0.6 is 0 Å². The lowest BCUT2D eigenvalue weighted by molar-refractivity contribution is 0.0161. The number of morpholine rings is 1. The Morgan fingerprint density at radius 3 is 2.52 bits per heavy atom. The number of ether oxygens (including phenoxy) is 1. The predicted octanol–water partition coefficient (Wildman–Crippen LogP) is 2.15. The number of furan rings is 1. The molecule has 3 rings (SSSR count). The zero-order valence-corrected chi connectivity index (χ0v) is 14.8. The fourth-order valence-corrected chi connectivity index (χ4v) is 3.03. The van der Waals surface area contributed by atoms with Gasteiger partial charge >= 0.3 is 0 Å². The number of hydrogen-bond acceptors (Lipinski definition) is 5. The molecule has 134 valence electrons. The van der Waals surface area contributed by atoms with Crippen LogP contribution in [0.3, 0.4) is 0 Å². The van der Waals surface area contributed by atoms with Crippen LogP contribution in [0.2, 0.25) is 0 Å². The van der Waals surface area contributed by atoms with Gasteiger partial charge in [-0.1, -0.05) is 12.1 Å². The van der Waals surface area contributed by atoms with Gasteiger partial charge in [-0.25, -0.2) is 0 Å². The fourth-order valence-electron chi connectivity index (χ4n) is 3.03. The molecule has 1 amide bonds. The summed E-state index contributed by atoms with van der Waals surface area (Å²) in [6, 6.07) is 12.0. The highest BCUT2D eigenvalue weighted by atomic mass is 16.5. The molecule has 1 aromatic heterocycles. The van der Waals surface area contributed by atoms with Gasteiger partial charge in [0.2, 0.25) is 0 Å². The van der Waals surface area contributed by atoms with Crippen molar-refractivity contribution >= 4 is 11.6 Å². The third-order valence-electron chi connectivity index (χ3n) is 4.48. The molecule has 1 saturated heterocycles. The summed E-state index contributed by atoms with van der Waals surface area (Å²) >= 11 is 0. The second-order valence-corrected chi connectivity index (χ2v) is 6.34. The molecule has 1 aliphatic heterocycles. The quantitative estimate of drug-likeness (QED) is 0.871. The lowest BCUT2D eigenvalue weighted by Crippen LogP contribution is -2.43. The third kappa shape index (κ3) is 4.41. The minimum atomic E-state index is -0.187. The van der Waals surface area contributed by atoms with Crippen molar-refractivity contribution in [1.29, 1.82) is 0 Å². The van der Waals surface area contributed by atoms with Crippen LogP contribution in [0.15, 0.2) is 47.1 Å². The molecule has 1 unspecified atom stereocenters. The molecule has 25 heavy (non-hydrogen) atoms. The van der Waals surface area contributed by atoms with Gasteiger partial charge in [-0.15, -0.1) is 0 Å². The van der Waals surface area contributed by atoms with Crippen molar-refractivity contribution in [1.82, 2.24) is 10.2 Å². The summed E-state index contributed by atoms with van der Waals surface area (Å²) in [7, 11) is 4.05. The number of benzene rings is 1. The standard InChI is InChI=1S/C19H25N3O3/c1-21(2)16-7-5-15(6-8-16)17(22-9-12-24-13-10-22)14-20-19(23)18-4-3-11-25-18/h3-8,11,17H,9-10,12-14H2,1-2H3,(H,20,23). The van der Waals surface area contributed by atoms with Crippen LogP contribution in [0.25, 0.3) is 0 Å². The van der Waals surface area contributed by atoms with Crippen molar-refractivity contribution in [2.75, 3.05) is 51.8 Å². The smallest absolute Gasteiger partial charge is 0.287 e. The van der Waals surface area contributed by atoms with Crippen molar-refractivity contribution in [2.24, 2.45) is 0 Å². The number of rotatable bonds is 6. The number of amides is 1. The zero-order valence-electron chi connectivity index (χ0n) is 14.8. The first-order valence-corrected chi connectivity index (χ1v) is 8.56. The second-order valence-electron chi connectivity index (χ2n) is 6.34. The Labute approximate surface area is 148 Å². The lowest BCUT2D eigenvalue weighted by Gasteiger charge is -2.35. The zero-order chi connectivity index (χ0) is 17.6. The van der Waals surface area contributed by atoms with E-state index >= 15 is 0 Å². The van der Waals surface area contributed by atoms with Gasteiger partial charge in [0, 0.05) is 39.4 Å². The van der Waals surface area contributed by atoms with Gasteiger partial charge in [0.15, 0.2) is 5.76 Å². The number of nitrogens with one attached hydrogen (secondary N) is 1. The topological polar surface area (TPSA) is 58.0 Å². The van der Waals surface area contributed by atoms with Gasteiger partial charge < -0.3 is 19.4 Å². The SMILES string of the molecule is CN(C)c1ccc(C(CNC(=O)c2ccco2)N2CCOCC2)cc1. The summed E-state index contributed by atoms with van der Waals surface area (Å²) in [5.74, 6) is 0.150. The summed E-state index contributed by atoms with van der Waals surface area (Å²) in [5, 5.41) is 2.99. The first-order chi connectivity index (χ1) is 12.1. The normalized spacial score (nSPS) is 16.4. The van der Waals surface area contributed by atoms with E-state index in [1.54, 1.807) is 12.1 Å². The Balaban J connectivity index is 1.73. The van der Waals surface area contributed by atoms with E-state index in [2.05, 4.69) is 39.4 Å². The van der Waals surface area contributed by atoms with Gasteiger partial charge in [-0.2, -0.15) is 0 Å². The van der Waals surface area contributed by atoms with Gasteiger partial charge in [0.05, 0.1) is 25.5 Å². The molecular weight excluding hydrogens is 318 g/mol. The first kappa shape index (κ1) is 17.5. The molecule has 0 spiro atoms. The molecule has 0 radical (unpaired) electrons. The highest BCUT2D eigenvalue weighted by molar-refractivity contribution is 5.91. The van der Waals surface area contributed by atoms with E-state index in [0.29, 0.717) is 12.3 Å². The molecule has 1 aromatic carbocycles. The van der Waals surface area contributed by atoms with Crippen LogP contribution in [0, 0.1) is 0 Å². The highest BCUT2D eigenvalue weighted by Crippen LogP contribution is 2.24. The molecule has 1 N–H and O–H groups in total. The molecule has 0 saturated carbocycles. The van der Waals surface area contributed by atoms with Crippen LogP contribution in [0.4, 0.5) is 5.69 Å². The average molecular weight is 343 g/mol. The Hall–Kier alpha value is -2.31. The average Bonchev–Trinajstić information content (AvgIpc) is 3.18. The lowest BCUT2D eigenvalue weighted by atomic mass is 10.0. The van der Waals surface area contributed by atoms with E-state index in [-0.39, 0.29) is 11.9 Å². The van der Waals surface area contributed by atoms with Crippen LogP contribution < -0.4 is 10.2 Å². The predicted molar refractivity (Wildman–Crippen MR) is 96.9 cm³/mol. The largest absolute Gasteiger partial charge is 0.459 e. The molecule has 2 heterocycles. The monoisotopic (exact) mass is 343 g/mol. The molecule has 6 heteroatoms. The molecule has 6 nitrogen and oxygen atoms in total. The number of carbonyl (C=O) groups is 1. The molecule has 0 aliphatic carbocycles. The first-order valence-electron chi connectivity index (χ1n) is 8.56. The van der Waals surface area contributed by atoms with E-state index in [9.17, 15) is 4.79 Å². The Bertz CT molecular complexity index is 662. The van der Waals surface area contributed by atoms with Crippen LogP contribution in [-0.4, -0.2) is 57.8 Å². The number of hydrogen-bond donors (Lipinski definition) is 1. The number of anilines is 1. The maximum atomic E-state index is 12.2. The van der Waals surface area contributed by atoms with E-state index in [0.717, 1.165) is 32.0 Å². The minimum Gasteiger partial charge on any atom is -0.459 e. The molecular formula is C19H25N3O3. The second kappa shape index (κ2) is 8.18. The van der Waals surface area contributed by atoms with Gasteiger partial charge in [0.1, 0.15) is 0 Å². The van der Waals surface area contributed by atoms with Gasteiger partial charge in [-0.05, 0) is 29.8 Å². The Morgan fingerprint density at radius 1 is 1.20 bits per heavy atom. The fraction of sp³-hybridized carbons (Fsp3) is 0.421. The van der Waals surface area contributed by atoms with Crippen LogP contribution in [-0.2, 0) is 4.74 Å². The molecule has 1 fully saturated rings. The molecule has 2 aromatic rings. The van der Waals surface area contributed by atoms with Gasteiger partial charge in [-0.3, -0.25) is 9.69 Å². The van der Waals surface area contributed by atoms with E-state index < -0.39 is 0 Å². The summed E-state index contributed by atoms with van der Waals surface area (Å²) in [5.41, 5.74) is 2.34. The van der Waals surface area contributed by atoms with Crippen molar-refractivity contribution < 1.29 is 13.9 Å². The van der Waals surface area contributed by atoms with Crippen molar-refractivity contribution in [3.05, 3.63) is 54.0 Å².